The van der Waals surface area contributed by atoms with Crippen molar-refractivity contribution in [1.82, 2.24) is 5.29 Å². The summed E-state index contributed by atoms with van der Waals surface area (Å²) in [5.41, 5.74) is 0.743. The van der Waals surface area contributed by atoms with E-state index in [0.717, 1.165) is 5.56 Å². The highest BCUT2D eigenvalue weighted by atomic mass is 19.2. The van der Waals surface area contributed by atoms with Crippen LogP contribution in [0, 0.1) is 0 Å². The Hall–Kier alpha value is -0.930. The Kier molecular flexibility index (Phi) is 2.36. The molecule has 0 aromatic heterocycles. The number of nitrogens with zero attached hydrogens (tertiary/aromatic N) is 1. The van der Waals surface area contributed by atoms with Crippen LogP contribution >= 0.6 is 0 Å². The average Bonchev–Trinajstić information content (AvgIpc) is 1.88. The predicted octanol–water partition coefficient (Wildman–Crippen LogP) is 1.76. The van der Waals surface area contributed by atoms with E-state index in [9.17, 15) is 4.48 Å². The van der Waals surface area contributed by atoms with Gasteiger partial charge in [-0.3, -0.25) is 5.21 Å². The molecule has 0 bridgehead atoms. The van der Waals surface area contributed by atoms with E-state index in [1.54, 1.807) is 24.3 Å². The van der Waals surface area contributed by atoms with E-state index in [1.165, 1.54) is 0 Å². The summed E-state index contributed by atoms with van der Waals surface area (Å²) in [4.78, 5) is 0. The summed E-state index contributed by atoms with van der Waals surface area (Å²) in [7, 11) is 0. The van der Waals surface area contributed by atoms with E-state index in [4.69, 9.17) is 5.21 Å². The third kappa shape index (κ3) is 2.13. The Labute approximate surface area is 58.4 Å². The fraction of sp³-hybridized carbons (Fsp3) is 0.143. The highest BCUT2D eigenvalue weighted by Crippen LogP contribution is 2.01. The molecule has 0 unspecified atom stereocenters. The van der Waals surface area contributed by atoms with Gasteiger partial charge in [0.25, 0.3) is 0 Å². The van der Waals surface area contributed by atoms with Crippen LogP contribution in [0.15, 0.2) is 30.3 Å². The lowest BCUT2D eigenvalue weighted by atomic mass is 10.2. The molecule has 1 aromatic rings. The summed E-state index contributed by atoms with van der Waals surface area (Å²) in [6.45, 7) is -0.0825. The molecule has 0 aliphatic carbocycles. The van der Waals surface area contributed by atoms with Crippen LogP contribution in [-0.2, 0) is 6.54 Å². The Morgan fingerprint density at radius 2 is 1.90 bits per heavy atom. The molecule has 0 saturated heterocycles. The van der Waals surface area contributed by atoms with Gasteiger partial charge in [-0.15, -0.1) is 4.48 Å². The Bertz CT molecular complexity index is 188. The van der Waals surface area contributed by atoms with E-state index < -0.39 is 0 Å². The van der Waals surface area contributed by atoms with Crippen molar-refractivity contribution >= 4 is 0 Å². The van der Waals surface area contributed by atoms with Crippen LogP contribution in [0.3, 0.4) is 0 Å². The quantitative estimate of drug-likeness (QED) is 0.501. The van der Waals surface area contributed by atoms with Gasteiger partial charge in [-0.05, 0) is 10.8 Å². The van der Waals surface area contributed by atoms with Crippen LogP contribution in [0.25, 0.3) is 0 Å². The van der Waals surface area contributed by atoms with Gasteiger partial charge in [0.15, 0.2) is 0 Å². The van der Waals surface area contributed by atoms with Crippen molar-refractivity contribution in [1.29, 1.82) is 0 Å². The molecule has 0 fully saturated rings. The molecule has 54 valence electrons. The van der Waals surface area contributed by atoms with Crippen molar-refractivity contribution in [2.24, 2.45) is 0 Å². The highest BCUT2D eigenvalue weighted by molar-refractivity contribution is 5.13. The minimum absolute atomic E-state index is 0.0825. The molecule has 0 aliphatic rings. The molecule has 0 heterocycles. The lowest BCUT2D eigenvalue weighted by Gasteiger charge is -2.01. The Morgan fingerprint density at radius 3 is 2.40 bits per heavy atom. The largest absolute Gasteiger partial charge is 0.285 e. The highest BCUT2D eigenvalue weighted by Gasteiger charge is 1.96. The number of benzene rings is 1. The molecule has 1 aromatic carbocycles. The van der Waals surface area contributed by atoms with Gasteiger partial charge in [0, 0.05) is 0 Å². The molecule has 10 heavy (non-hydrogen) atoms. The van der Waals surface area contributed by atoms with Crippen molar-refractivity contribution < 1.29 is 9.69 Å². The molecule has 0 atom stereocenters. The number of hydrogen-bond acceptors (Lipinski definition) is 2. The van der Waals surface area contributed by atoms with Gasteiger partial charge >= 0.3 is 0 Å². The zero-order valence-corrected chi connectivity index (χ0v) is 5.37. The third-order valence-corrected chi connectivity index (χ3v) is 1.16. The lowest BCUT2D eigenvalue weighted by Crippen LogP contribution is -2.05. The topological polar surface area (TPSA) is 23.5 Å². The first-order valence-corrected chi connectivity index (χ1v) is 2.95. The molecule has 3 heteroatoms. The van der Waals surface area contributed by atoms with Crippen molar-refractivity contribution in [3.63, 3.8) is 0 Å². The van der Waals surface area contributed by atoms with Gasteiger partial charge in [-0.2, -0.15) is 0 Å². The summed E-state index contributed by atoms with van der Waals surface area (Å²) >= 11 is 0. The SMILES string of the molecule is ON(F)Cc1ccccc1. The van der Waals surface area contributed by atoms with Crippen LogP contribution in [-0.4, -0.2) is 10.5 Å². The minimum atomic E-state index is -0.338. The lowest BCUT2D eigenvalue weighted by molar-refractivity contribution is -0.244. The molecule has 0 amide bonds. The second-order valence-electron chi connectivity index (χ2n) is 1.98. The number of hydroxylamine groups is 1. The van der Waals surface area contributed by atoms with Crippen LogP contribution in [0.1, 0.15) is 5.56 Å². The molecule has 1 rings (SSSR count). The van der Waals surface area contributed by atoms with Crippen molar-refractivity contribution in [2.45, 2.75) is 6.54 Å². The molecule has 0 saturated carbocycles. The van der Waals surface area contributed by atoms with E-state index in [1.807, 2.05) is 6.07 Å². The molecular formula is C7H8FNO. The zero-order chi connectivity index (χ0) is 7.40. The summed E-state index contributed by atoms with van der Waals surface area (Å²) < 4.78 is 11.8. The first kappa shape index (κ1) is 7.18. The van der Waals surface area contributed by atoms with E-state index in [2.05, 4.69) is 0 Å². The number of rotatable bonds is 2. The smallest absolute Gasteiger partial charge is 0.0817 e. The van der Waals surface area contributed by atoms with Gasteiger partial charge in [-0.25, -0.2) is 0 Å². The molecule has 1 N–H and O–H groups in total. The molecule has 2 nitrogen and oxygen atoms in total. The number of halogens is 1. The zero-order valence-electron chi connectivity index (χ0n) is 5.37. The Morgan fingerprint density at radius 1 is 1.30 bits per heavy atom. The maximum Gasteiger partial charge on any atom is 0.0817 e. The first-order valence-electron chi connectivity index (χ1n) is 2.95. The van der Waals surface area contributed by atoms with Crippen molar-refractivity contribution in [3.8, 4) is 0 Å². The molecule has 0 spiro atoms. The second-order valence-corrected chi connectivity index (χ2v) is 1.98. The van der Waals surface area contributed by atoms with Crippen LogP contribution in [0.2, 0.25) is 0 Å². The van der Waals surface area contributed by atoms with Crippen molar-refractivity contribution in [3.05, 3.63) is 35.9 Å². The maximum atomic E-state index is 11.8. The standard InChI is InChI=1S/C7H8FNO/c8-9(10)6-7-4-2-1-3-5-7/h1-5,10H,6H2. The normalized spacial score (nSPS) is 10.3. The monoisotopic (exact) mass is 141 g/mol. The van der Waals surface area contributed by atoms with Crippen molar-refractivity contribution in [2.75, 3.05) is 0 Å². The number of hydrogen-bond donors (Lipinski definition) is 1. The Balaban J connectivity index is 2.59. The third-order valence-electron chi connectivity index (χ3n) is 1.16. The fourth-order valence-corrected chi connectivity index (χ4v) is 0.734. The first-order chi connectivity index (χ1) is 4.79. The summed E-state index contributed by atoms with van der Waals surface area (Å²) in [5, 5.41) is 7.83. The van der Waals surface area contributed by atoms with Gasteiger partial charge in [-0.1, -0.05) is 30.3 Å². The molecule has 0 radical (unpaired) electrons. The van der Waals surface area contributed by atoms with Gasteiger partial charge in [0.1, 0.15) is 0 Å². The summed E-state index contributed by atoms with van der Waals surface area (Å²) in [6, 6.07) is 8.90. The van der Waals surface area contributed by atoms with Gasteiger partial charge < -0.3 is 0 Å². The summed E-state index contributed by atoms with van der Waals surface area (Å²) in [6.07, 6.45) is 0. The predicted molar refractivity (Wildman–Crippen MR) is 34.9 cm³/mol. The van der Waals surface area contributed by atoms with Gasteiger partial charge in [0.05, 0.1) is 6.54 Å². The second kappa shape index (κ2) is 3.29. The van der Waals surface area contributed by atoms with E-state index in [0.29, 0.717) is 0 Å². The summed E-state index contributed by atoms with van der Waals surface area (Å²) in [5.74, 6) is 0. The van der Waals surface area contributed by atoms with Crippen LogP contribution < -0.4 is 0 Å². The minimum Gasteiger partial charge on any atom is -0.285 e. The van der Waals surface area contributed by atoms with Crippen LogP contribution in [0.5, 0.6) is 0 Å². The van der Waals surface area contributed by atoms with E-state index >= 15 is 0 Å². The van der Waals surface area contributed by atoms with Gasteiger partial charge in [0.2, 0.25) is 0 Å². The average molecular weight is 141 g/mol. The maximum absolute atomic E-state index is 11.8. The molecule has 0 aliphatic heterocycles. The fourth-order valence-electron chi connectivity index (χ4n) is 0.734. The molecular weight excluding hydrogens is 133 g/mol. The van der Waals surface area contributed by atoms with Crippen LogP contribution in [0.4, 0.5) is 4.48 Å². The van der Waals surface area contributed by atoms with E-state index in [-0.39, 0.29) is 11.8 Å².